The first-order valence-electron chi connectivity index (χ1n) is 6.71. The largest absolute Gasteiger partial charge is 0.299 e. The third-order valence-electron chi connectivity index (χ3n) is 3.86. The molecular formula is C16H17F2N. The summed E-state index contributed by atoms with van der Waals surface area (Å²) in [5.74, 6) is -2.46. The summed E-state index contributed by atoms with van der Waals surface area (Å²) >= 11 is 0. The van der Waals surface area contributed by atoms with Crippen LogP contribution in [0.25, 0.3) is 10.8 Å². The molecule has 100 valence electrons. The molecule has 1 aliphatic heterocycles. The van der Waals surface area contributed by atoms with E-state index in [0.29, 0.717) is 13.1 Å². The summed E-state index contributed by atoms with van der Waals surface area (Å²) < 4.78 is 26.3. The highest BCUT2D eigenvalue weighted by atomic mass is 19.3. The van der Waals surface area contributed by atoms with Crippen molar-refractivity contribution in [3.05, 3.63) is 48.0 Å². The maximum absolute atomic E-state index is 13.1. The van der Waals surface area contributed by atoms with Gasteiger partial charge in [-0.25, -0.2) is 8.78 Å². The minimum Gasteiger partial charge on any atom is -0.299 e. The molecule has 1 saturated heterocycles. The number of rotatable bonds is 2. The van der Waals surface area contributed by atoms with Gasteiger partial charge >= 0.3 is 0 Å². The van der Waals surface area contributed by atoms with E-state index in [2.05, 4.69) is 29.2 Å². The Hall–Kier alpha value is -1.48. The second-order valence-corrected chi connectivity index (χ2v) is 5.27. The Bertz CT molecular complexity index is 564. The molecule has 3 rings (SSSR count). The summed E-state index contributed by atoms with van der Waals surface area (Å²) in [4.78, 5) is 2.12. The minimum absolute atomic E-state index is 0.0161. The highest BCUT2D eigenvalue weighted by Crippen LogP contribution is 2.29. The SMILES string of the molecule is FC1(F)CCN(Cc2cccc3ccccc23)CC1. The molecule has 0 unspecified atom stereocenters. The molecule has 0 N–H and O–H groups in total. The van der Waals surface area contributed by atoms with Crippen LogP contribution in [0.1, 0.15) is 18.4 Å². The number of likely N-dealkylation sites (tertiary alicyclic amines) is 1. The molecule has 2 aromatic carbocycles. The number of halogens is 2. The van der Waals surface area contributed by atoms with E-state index < -0.39 is 5.92 Å². The summed E-state index contributed by atoms with van der Waals surface area (Å²) in [5.41, 5.74) is 1.23. The van der Waals surface area contributed by atoms with Crippen molar-refractivity contribution in [2.75, 3.05) is 13.1 Å². The zero-order valence-electron chi connectivity index (χ0n) is 10.8. The van der Waals surface area contributed by atoms with E-state index in [1.165, 1.54) is 16.3 Å². The van der Waals surface area contributed by atoms with Gasteiger partial charge in [-0.1, -0.05) is 42.5 Å². The molecule has 1 heterocycles. The van der Waals surface area contributed by atoms with Crippen molar-refractivity contribution < 1.29 is 8.78 Å². The second kappa shape index (κ2) is 4.89. The van der Waals surface area contributed by atoms with E-state index >= 15 is 0 Å². The Balaban J connectivity index is 1.79. The van der Waals surface area contributed by atoms with Gasteiger partial charge in [-0.3, -0.25) is 4.90 Å². The third-order valence-corrected chi connectivity index (χ3v) is 3.86. The molecule has 0 aromatic heterocycles. The van der Waals surface area contributed by atoms with E-state index in [4.69, 9.17) is 0 Å². The Morgan fingerprint density at radius 3 is 2.42 bits per heavy atom. The highest BCUT2D eigenvalue weighted by Gasteiger charge is 2.33. The van der Waals surface area contributed by atoms with E-state index in [1.54, 1.807) is 0 Å². The van der Waals surface area contributed by atoms with Gasteiger partial charge in [0.05, 0.1) is 0 Å². The van der Waals surface area contributed by atoms with E-state index in [1.807, 2.05) is 18.2 Å². The Labute approximate surface area is 111 Å². The summed E-state index contributed by atoms with van der Waals surface area (Å²) in [5, 5.41) is 2.43. The first-order chi connectivity index (χ1) is 9.14. The monoisotopic (exact) mass is 261 g/mol. The van der Waals surface area contributed by atoms with Crippen molar-refractivity contribution in [1.29, 1.82) is 0 Å². The van der Waals surface area contributed by atoms with E-state index in [9.17, 15) is 8.78 Å². The highest BCUT2D eigenvalue weighted by molar-refractivity contribution is 5.85. The van der Waals surface area contributed by atoms with Crippen LogP contribution in [0.15, 0.2) is 42.5 Å². The zero-order valence-corrected chi connectivity index (χ0v) is 10.8. The fourth-order valence-electron chi connectivity index (χ4n) is 2.71. The summed E-state index contributed by atoms with van der Waals surface area (Å²) in [7, 11) is 0. The Morgan fingerprint density at radius 2 is 1.63 bits per heavy atom. The van der Waals surface area contributed by atoms with Crippen LogP contribution < -0.4 is 0 Å². The molecule has 1 aliphatic rings. The molecule has 0 aliphatic carbocycles. The average Bonchev–Trinajstić information content (AvgIpc) is 2.42. The Kier molecular flexibility index (Phi) is 3.23. The molecule has 1 nitrogen and oxygen atoms in total. The van der Waals surface area contributed by atoms with Crippen LogP contribution in [0.3, 0.4) is 0 Å². The molecule has 3 heteroatoms. The lowest BCUT2D eigenvalue weighted by atomic mass is 10.0. The minimum atomic E-state index is -2.46. The van der Waals surface area contributed by atoms with Gasteiger partial charge < -0.3 is 0 Å². The van der Waals surface area contributed by atoms with Gasteiger partial charge in [-0.05, 0) is 16.3 Å². The number of hydrogen-bond acceptors (Lipinski definition) is 1. The van der Waals surface area contributed by atoms with Gasteiger partial charge in [0.1, 0.15) is 0 Å². The topological polar surface area (TPSA) is 3.24 Å². The fourth-order valence-corrected chi connectivity index (χ4v) is 2.71. The lowest BCUT2D eigenvalue weighted by Crippen LogP contribution is -2.38. The van der Waals surface area contributed by atoms with E-state index in [0.717, 1.165) is 6.54 Å². The lowest BCUT2D eigenvalue weighted by Gasteiger charge is -2.31. The molecule has 0 radical (unpaired) electrons. The number of hydrogen-bond donors (Lipinski definition) is 0. The summed E-state index contributed by atoms with van der Waals surface area (Å²) in [6.07, 6.45) is -0.0322. The van der Waals surface area contributed by atoms with Gasteiger partial charge in [0.2, 0.25) is 0 Å². The van der Waals surface area contributed by atoms with Gasteiger partial charge in [-0.2, -0.15) is 0 Å². The van der Waals surface area contributed by atoms with Crippen molar-refractivity contribution in [3.63, 3.8) is 0 Å². The number of nitrogens with zero attached hydrogens (tertiary/aromatic N) is 1. The molecule has 19 heavy (non-hydrogen) atoms. The maximum Gasteiger partial charge on any atom is 0.250 e. The van der Waals surface area contributed by atoms with Crippen LogP contribution in [-0.4, -0.2) is 23.9 Å². The molecular weight excluding hydrogens is 244 g/mol. The predicted octanol–water partition coefficient (Wildman–Crippen LogP) is 4.07. The fraction of sp³-hybridized carbons (Fsp3) is 0.375. The molecule has 1 fully saturated rings. The van der Waals surface area contributed by atoms with Crippen molar-refractivity contribution in [1.82, 2.24) is 4.90 Å². The molecule has 0 bridgehead atoms. The maximum atomic E-state index is 13.1. The molecule has 0 saturated carbocycles. The first kappa shape index (κ1) is 12.5. The molecule has 2 aromatic rings. The number of benzene rings is 2. The van der Waals surface area contributed by atoms with Gasteiger partial charge in [0.25, 0.3) is 5.92 Å². The zero-order chi connectivity index (χ0) is 13.3. The van der Waals surface area contributed by atoms with Gasteiger partial charge in [-0.15, -0.1) is 0 Å². The average molecular weight is 261 g/mol. The number of alkyl halides is 2. The van der Waals surface area contributed by atoms with Crippen LogP contribution in [0, 0.1) is 0 Å². The standard InChI is InChI=1S/C16H17F2N/c17-16(18)8-10-19(11-9-16)12-14-6-3-5-13-4-1-2-7-15(13)14/h1-7H,8-12H2. The molecule has 0 spiro atoms. The van der Waals surface area contributed by atoms with Crippen molar-refractivity contribution in [3.8, 4) is 0 Å². The van der Waals surface area contributed by atoms with Crippen molar-refractivity contribution in [2.45, 2.75) is 25.3 Å². The van der Waals surface area contributed by atoms with E-state index in [-0.39, 0.29) is 12.8 Å². The first-order valence-corrected chi connectivity index (χ1v) is 6.71. The molecule has 0 atom stereocenters. The summed E-state index contributed by atoms with van der Waals surface area (Å²) in [6.45, 7) is 1.73. The molecule has 0 amide bonds. The van der Waals surface area contributed by atoms with Gasteiger partial charge in [0, 0.05) is 32.5 Å². The third kappa shape index (κ3) is 2.76. The van der Waals surface area contributed by atoms with Crippen molar-refractivity contribution >= 4 is 10.8 Å². The smallest absolute Gasteiger partial charge is 0.250 e. The van der Waals surface area contributed by atoms with Gasteiger partial charge in [0.15, 0.2) is 0 Å². The van der Waals surface area contributed by atoms with Crippen LogP contribution in [0.5, 0.6) is 0 Å². The quantitative estimate of drug-likeness (QED) is 0.787. The lowest BCUT2D eigenvalue weighted by molar-refractivity contribution is -0.0565. The van der Waals surface area contributed by atoms with Crippen LogP contribution >= 0.6 is 0 Å². The Morgan fingerprint density at radius 1 is 0.947 bits per heavy atom. The van der Waals surface area contributed by atoms with Crippen molar-refractivity contribution in [2.24, 2.45) is 0 Å². The summed E-state index contributed by atoms with van der Waals surface area (Å²) in [6, 6.07) is 14.4. The van der Waals surface area contributed by atoms with Crippen LogP contribution in [-0.2, 0) is 6.54 Å². The van der Waals surface area contributed by atoms with Crippen LogP contribution in [0.2, 0.25) is 0 Å². The number of piperidine rings is 1. The second-order valence-electron chi connectivity index (χ2n) is 5.27. The predicted molar refractivity (Wildman–Crippen MR) is 73.4 cm³/mol. The number of fused-ring (bicyclic) bond motifs is 1. The van der Waals surface area contributed by atoms with Crippen LogP contribution in [0.4, 0.5) is 8.78 Å². The normalized spacial score (nSPS) is 19.7.